The van der Waals surface area contributed by atoms with Gasteiger partial charge in [0, 0.05) is 24.5 Å². The molecule has 2 aliphatic rings. The predicted octanol–water partition coefficient (Wildman–Crippen LogP) is 5.47. The van der Waals surface area contributed by atoms with Gasteiger partial charge in [0.25, 0.3) is 5.91 Å². The Hall–Kier alpha value is -2.05. The van der Waals surface area contributed by atoms with Gasteiger partial charge in [-0.1, -0.05) is 59.6 Å². The third-order valence-corrected chi connectivity index (χ3v) is 7.33. The maximum Gasteiger partial charge on any atom is 0.256 e. The molecule has 3 heterocycles. The topological polar surface area (TPSA) is 44.4 Å². The quantitative estimate of drug-likeness (QED) is 0.563. The molecule has 2 aromatic carbocycles. The molecule has 3 aromatic rings. The van der Waals surface area contributed by atoms with Gasteiger partial charge in [0.15, 0.2) is 0 Å². The van der Waals surface area contributed by atoms with E-state index in [9.17, 15) is 4.79 Å². The standard InChI is InChI=1S/C22H19Cl2N3OS/c23-16-7-6-14(10-17(16)24)20-25-21(28)19-15-8-9-27(11-13-4-2-1-3-5-13)12-18(15)29-22(19)26-20/h1-7,10,20,26H,8-9,11-12H2,(H,25,28)/t20-/m0/s1. The lowest BCUT2D eigenvalue weighted by Gasteiger charge is -2.28. The molecule has 0 fully saturated rings. The molecular formula is C22H19Cl2N3OS. The number of carbonyl (C=O) groups is 1. The van der Waals surface area contributed by atoms with Crippen LogP contribution in [0.4, 0.5) is 5.00 Å². The van der Waals surface area contributed by atoms with Gasteiger partial charge in [-0.05, 0) is 35.2 Å². The summed E-state index contributed by atoms with van der Waals surface area (Å²) in [6.45, 7) is 2.75. The molecule has 0 saturated heterocycles. The number of benzene rings is 2. The monoisotopic (exact) mass is 443 g/mol. The summed E-state index contributed by atoms with van der Waals surface area (Å²) in [5, 5.41) is 8.47. The van der Waals surface area contributed by atoms with Gasteiger partial charge in [0.05, 0.1) is 15.6 Å². The maximum absolute atomic E-state index is 12.9. The highest BCUT2D eigenvalue weighted by Gasteiger charge is 2.33. The van der Waals surface area contributed by atoms with Crippen molar-refractivity contribution >= 4 is 45.4 Å². The van der Waals surface area contributed by atoms with Gasteiger partial charge in [-0.25, -0.2) is 0 Å². The van der Waals surface area contributed by atoms with E-state index in [1.165, 1.54) is 16.0 Å². The van der Waals surface area contributed by atoms with Crippen LogP contribution in [0, 0.1) is 0 Å². The minimum atomic E-state index is -0.315. The predicted molar refractivity (Wildman–Crippen MR) is 119 cm³/mol. The Bertz CT molecular complexity index is 1080. The highest BCUT2D eigenvalue weighted by molar-refractivity contribution is 7.16. The molecule has 0 bridgehead atoms. The van der Waals surface area contributed by atoms with Crippen LogP contribution in [0.25, 0.3) is 0 Å². The summed E-state index contributed by atoms with van der Waals surface area (Å²) < 4.78 is 0. The number of thiophene rings is 1. The third kappa shape index (κ3) is 3.64. The minimum absolute atomic E-state index is 0.0242. The summed E-state index contributed by atoms with van der Waals surface area (Å²) in [4.78, 5) is 16.6. The van der Waals surface area contributed by atoms with Crippen molar-refractivity contribution in [2.24, 2.45) is 0 Å². The Balaban J connectivity index is 1.38. The Morgan fingerprint density at radius 3 is 2.69 bits per heavy atom. The van der Waals surface area contributed by atoms with Crippen LogP contribution in [0.15, 0.2) is 48.5 Å². The SMILES string of the molecule is O=C1N[C@H](c2ccc(Cl)c(Cl)c2)Nc2sc3c(c21)CCN(Cc1ccccc1)C3. The zero-order valence-electron chi connectivity index (χ0n) is 15.5. The van der Waals surface area contributed by atoms with Crippen LogP contribution in [0.3, 0.4) is 0 Å². The van der Waals surface area contributed by atoms with Crippen molar-refractivity contribution in [1.82, 2.24) is 10.2 Å². The Morgan fingerprint density at radius 2 is 1.90 bits per heavy atom. The molecule has 4 nitrogen and oxygen atoms in total. The highest BCUT2D eigenvalue weighted by atomic mass is 35.5. The second-order valence-electron chi connectivity index (χ2n) is 7.38. The van der Waals surface area contributed by atoms with E-state index < -0.39 is 0 Å². The number of nitrogens with zero attached hydrogens (tertiary/aromatic N) is 1. The van der Waals surface area contributed by atoms with Crippen LogP contribution in [0.2, 0.25) is 10.0 Å². The van der Waals surface area contributed by atoms with Crippen molar-refractivity contribution in [2.75, 3.05) is 11.9 Å². The summed E-state index contributed by atoms with van der Waals surface area (Å²) >= 11 is 13.9. The third-order valence-electron chi connectivity index (χ3n) is 5.44. The fourth-order valence-corrected chi connectivity index (χ4v) is 5.63. The summed E-state index contributed by atoms with van der Waals surface area (Å²) in [5.41, 5.74) is 4.19. The summed E-state index contributed by atoms with van der Waals surface area (Å²) in [7, 11) is 0. The van der Waals surface area contributed by atoms with E-state index in [-0.39, 0.29) is 12.1 Å². The molecule has 0 saturated carbocycles. The van der Waals surface area contributed by atoms with E-state index >= 15 is 0 Å². The van der Waals surface area contributed by atoms with Crippen molar-refractivity contribution in [3.05, 3.63) is 85.7 Å². The van der Waals surface area contributed by atoms with Crippen molar-refractivity contribution < 1.29 is 4.79 Å². The number of carbonyl (C=O) groups excluding carboxylic acids is 1. The van der Waals surface area contributed by atoms with Gasteiger partial charge in [0.1, 0.15) is 11.2 Å². The first-order chi connectivity index (χ1) is 14.1. The summed E-state index contributed by atoms with van der Waals surface area (Å²) in [6, 6.07) is 15.9. The minimum Gasteiger partial charge on any atom is -0.353 e. The van der Waals surface area contributed by atoms with Gasteiger partial charge in [-0.3, -0.25) is 9.69 Å². The van der Waals surface area contributed by atoms with E-state index in [2.05, 4.69) is 39.8 Å². The van der Waals surface area contributed by atoms with Crippen molar-refractivity contribution in [1.29, 1.82) is 0 Å². The van der Waals surface area contributed by atoms with E-state index in [0.29, 0.717) is 10.0 Å². The Morgan fingerprint density at radius 1 is 1.07 bits per heavy atom. The largest absolute Gasteiger partial charge is 0.353 e. The molecule has 2 aliphatic heterocycles. The van der Waals surface area contributed by atoms with Crippen molar-refractivity contribution in [2.45, 2.75) is 25.7 Å². The van der Waals surface area contributed by atoms with Gasteiger partial charge in [-0.2, -0.15) is 0 Å². The molecule has 0 spiro atoms. The number of halogens is 2. The van der Waals surface area contributed by atoms with E-state index in [1.54, 1.807) is 23.5 Å². The molecule has 2 N–H and O–H groups in total. The zero-order valence-corrected chi connectivity index (χ0v) is 17.9. The fraction of sp³-hybridized carbons (Fsp3) is 0.227. The molecule has 148 valence electrons. The van der Waals surface area contributed by atoms with Crippen molar-refractivity contribution in [3.63, 3.8) is 0 Å². The van der Waals surface area contributed by atoms with Crippen LogP contribution in [0.1, 0.15) is 38.1 Å². The van der Waals surface area contributed by atoms with Gasteiger partial charge >= 0.3 is 0 Å². The molecular weight excluding hydrogens is 425 g/mol. The molecule has 0 radical (unpaired) electrons. The maximum atomic E-state index is 12.9. The van der Waals surface area contributed by atoms with E-state index in [4.69, 9.17) is 23.2 Å². The molecule has 7 heteroatoms. The van der Waals surface area contributed by atoms with Crippen LogP contribution in [-0.4, -0.2) is 17.4 Å². The first kappa shape index (κ1) is 18.9. The van der Waals surface area contributed by atoms with Gasteiger partial charge < -0.3 is 10.6 Å². The van der Waals surface area contributed by atoms with Crippen LogP contribution >= 0.6 is 34.5 Å². The number of hydrogen-bond acceptors (Lipinski definition) is 4. The zero-order chi connectivity index (χ0) is 20.0. The van der Waals surface area contributed by atoms with Crippen molar-refractivity contribution in [3.8, 4) is 0 Å². The first-order valence-electron chi connectivity index (χ1n) is 9.51. The lowest BCUT2D eigenvalue weighted by molar-refractivity contribution is 0.0934. The normalized spacial score (nSPS) is 18.6. The summed E-state index contributed by atoms with van der Waals surface area (Å²) in [6.07, 6.45) is 0.575. The lowest BCUT2D eigenvalue weighted by Crippen LogP contribution is -2.38. The number of fused-ring (bicyclic) bond motifs is 3. The number of hydrogen-bond donors (Lipinski definition) is 2. The van der Waals surface area contributed by atoms with E-state index in [1.807, 2.05) is 12.1 Å². The molecule has 5 rings (SSSR count). The smallest absolute Gasteiger partial charge is 0.256 e. The second kappa shape index (κ2) is 7.65. The molecule has 29 heavy (non-hydrogen) atoms. The number of anilines is 1. The molecule has 0 aliphatic carbocycles. The fourth-order valence-electron chi connectivity index (χ4n) is 4.00. The number of rotatable bonds is 3. The molecule has 0 unspecified atom stereocenters. The Kier molecular flexibility index (Phi) is 5.00. The van der Waals surface area contributed by atoms with Gasteiger partial charge in [-0.15, -0.1) is 11.3 Å². The molecule has 1 atom stereocenters. The average Bonchev–Trinajstić information content (AvgIpc) is 3.09. The molecule has 1 amide bonds. The number of nitrogens with one attached hydrogen (secondary N) is 2. The highest BCUT2D eigenvalue weighted by Crippen LogP contribution is 2.41. The molecule has 1 aromatic heterocycles. The average molecular weight is 444 g/mol. The van der Waals surface area contributed by atoms with Crippen LogP contribution < -0.4 is 10.6 Å². The van der Waals surface area contributed by atoms with E-state index in [0.717, 1.165) is 42.2 Å². The van der Waals surface area contributed by atoms with Crippen LogP contribution in [-0.2, 0) is 19.5 Å². The first-order valence-corrected chi connectivity index (χ1v) is 11.1. The van der Waals surface area contributed by atoms with Crippen LogP contribution in [0.5, 0.6) is 0 Å². The lowest BCUT2D eigenvalue weighted by atomic mass is 10.00. The van der Waals surface area contributed by atoms with Gasteiger partial charge in [0.2, 0.25) is 0 Å². The number of amides is 1. The second-order valence-corrected chi connectivity index (χ2v) is 9.30. The summed E-state index contributed by atoms with van der Waals surface area (Å²) in [5.74, 6) is -0.0242. The Labute approximate surface area is 183 Å².